The number of amides is 1. The molecule has 156 valence electrons. The second-order valence-corrected chi connectivity index (χ2v) is 7.51. The number of thioether (sulfide) groups is 1. The second kappa shape index (κ2) is 8.57. The molecule has 31 heavy (non-hydrogen) atoms. The van der Waals surface area contributed by atoms with E-state index in [2.05, 4.69) is 20.3 Å². The minimum absolute atomic E-state index is 0.187. The Hall–Kier alpha value is -3.72. The van der Waals surface area contributed by atoms with E-state index in [9.17, 15) is 9.59 Å². The van der Waals surface area contributed by atoms with Crippen molar-refractivity contribution >= 4 is 29.1 Å². The Kier molecular flexibility index (Phi) is 5.68. The number of nitrogens with one attached hydrogen (secondary N) is 1. The van der Waals surface area contributed by atoms with Crippen molar-refractivity contribution in [3.8, 4) is 11.6 Å². The maximum atomic E-state index is 13.0. The lowest BCUT2D eigenvalue weighted by molar-refractivity contribution is 0.101. The summed E-state index contributed by atoms with van der Waals surface area (Å²) in [7, 11) is 1.76. The normalized spacial score (nSPS) is 10.8. The zero-order valence-electron chi connectivity index (χ0n) is 17.1. The zero-order valence-corrected chi connectivity index (χ0v) is 17.9. The van der Waals surface area contributed by atoms with Crippen LogP contribution in [0.25, 0.3) is 11.6 Å². The minimum Gasteiger partial charge on any atom is -0.461 e. The summed E-state index contributed by atoms with van der Waals surface area (Å²) in [4.78, 5) is 38.5. The van der Waals surface area contributed by atoms with E-state index in [1.54, 1.807) is 73.6 Å². The van der Waals surface area contributed by atoms with Gasteiger partial charge in [-0.2, -0.15) is 0 Å². The summed E-state index contributed by atoms with van der Waals surface area (Å²) >= 11 is 1.36. The molecule has 0 aliphatic rings. The van der Waals surface area contributed by atoms with Gasteiger partial charge in [-0.3, -0.25) is 9.59 Å². The highest BCUT2D eigenvalue weighted by molar-refractivity contribution is 7.98. The summed E-state index contributed by atoms with van der Waals surface area (Å²) in [6, 6.07) is 10.2. The number of anilines is 1. The van der Waals surface area contributed by atoms with E-state index in [0.717, 1.165) is 0 Å². The molecule has 0 saturated carbocycles. The van der Waals surface area contributed by atoms with Crippen LogP contribution in [0.2, 0.25) is 0 Å². The molecular weight excluding hydrogens is 414 g/mol. The van der Waals surface area contributed by atoms with Crippen molar-refractivity contribution in [3.05, 3.63) is 77.7 Å². The molecule has 0 spiro atoms. The van der Waals surface area contributed by atoms with Crippen molar-refractivity contribution in [1.29, 1.82) is 0 Å². The molecule has 1 amide bonds. The number of hydrogen-bond donors (Lipinski definition) is 1. The molecule has 0 saturated heterocycles. The molecule has 1 aromatic carbocycles. The van der Waals surface area contributed by atoms with Crippen LogP contribution < -0.4 is 5.32 Å². The minimum atomic E-state index is -0.323. The fraction of sp³-hybridized carbons (Fsp3) is 0.136. The van der Waals surface area contributed by atoms with E-state index < -0.39 is 0 Å². The topological polar surface area (TPSA) is 103 Å². The maximum absolute atomic E-state index is 13.0. The van der Waals surface area contributed by atoms with E-state index >= 15 is 0 Å². The Morgan fingerprint density at radius 1 is 1.13 bits per heavy atom. The number of imidazole rings is 1. The predicted octanol–water partition coefficient (Wildman–Crippen LogP) is 3.98. The van der Waals surface area contributed by atoms with Gasteiger partial charge >= 0.3 is 0 Å². The average Bonchev–Trinajstić information content (AvgIpc) is 3.45. The molecule has 0 unspecified atom stereocenters. The molecule has 0 atom stereocenters. The van der Waals surface area contributed by atoms with E-state index in [-0.39, 0.29) is 11.7 Å². The number of nitrogens with zero attached hydrogens (tertiary/aromatic N) is 4. The summed E-state index contributed by atoms with van der Waals surface area (Å²) in [6.45, 7) is 1.76. The van der Waals surface area contributed by atoms with Crippen LogP contribution in [0.4, 0.5) is 5.69 Å². The van der Waals surface area contributed by atoms with Gasteiger partial charge < -0.3 is 14.3 Å². The third-order valence-electron chi connectivity index (χ3n) is 4.65. The van der Waals surface area contributed by atoms with Gasteiger partial charge in [0, 0.05) is 30.7 Å². The number of rotatable bonds is 6. The van der Waals surface area contributed by atoms with Crippen LogP contribution in [0.15, 0.2) is 64.5 Å². The number of carbonyl (C=O) groups is 2. The van der Waals surface area contributed by atoms with Crippen LogP contribution in [0.5, 0.6) is 0 Å². The van der Waals surface area contributed by atoms with Gasteiger partial charge in [0.05, 0.1) is 17.5 Å². The molecule has 1 N–H and O–H groups in total. The molecule has 8 nitrogen and oxygen atoms in total. The number of hydrogen-bond acceptors (Lipinski definition) is 7. The van der Waals surface area contributed by atoms with Gasteiger partial charge in [0.15, 0.2) is 17.4 Å². The first-order valence-corrected chi connectivity index (χ1v) is 10.6. The monoisotopic (exact) mass is 433 g/mol. The van der Waals surface area contributed by atoms with E-state index in [0.29, 0.717) is 44.9 Å². The van der Waals surface area contributed by atoms with Crippen LogP contribution in [-0.2, 0) is 7.05 Å². The molecule has 9 heteroatoms. The smallest absolute Gasteiger partial charge is 0.260 e. The van der Waals surface area contributed by atoms with Crippen molar-refractivity contribution in [2.45, 2.75) is 11.9 Å². The predicted molar refractivity (Wildman–Crippen MR) is 117 cm³/mol. The maximum Gasteiger partial charge on any atom is 0.260 e. The van der Waals surface area contributed by atoms with Gasteiger partial charge in [-0.1, -0.05) is 0 Å². The average molecular weight is 433 g/mol. The molecule has 4 aromatic rings. The first-order valence-electron chi connectivity index (χ1n) is 9.38. The first-order chi connectivity index (χ1) is 15.0. The Balaban J connectivity index is 1.56. The summed E-state index contributed by atoms with van der Waals surface area (Å²) in [6.07, 6.45) is 6.69. The van der Waals surface area contributed by atoms with Gasteiger partial charge in [0.25, 0.3) is 5.91 Å². The Morgan fingerprint density at radius 3 is 2.52 bits per heavy atom. The van der Waals surface area contributed by atoms with Crippen molar-refractivity contribution < 1.29 is 14.0 Å². The van der Waals surface area contributed by atoms with Gasteiger partial charge in [-0.15, -0.1) is 11.8 Å². The number of aryl methyl sites for hydroxylation is 2. The quantitative estimate of drug-likeness (QED) is 0.279. The largest absolute Gasteiger partial charge is 0.461 e. The fourth-order valence-electron chi connectivity index (χ4n) is 3.08. The zero-order chi connectivity index (χ0) is 22.0. The van der Waals surface area contributed by atoms with Crippen LogP contribution in [0.3, 0.4) is 0 Å². The highest BCUT2D eigenvalue weighted by Crippen LogP contribution is 2.26. The van der Waals surface area contributed by atoms with Crippen molar-refractivity contribution in [2.24, 2.45) is 7.05 Å². The van der Waals surface area contributed by atoms with Crippen LogP contribution in [0.1, 0.15) is 32.2 Å². The number of furan rings is 1. The first kappa shape index (κ1) is 20.5. The fourth-order valence-corrected chi connectivity index (χ4v) is 3.71. The third-order valence-corrected chi connectivity index (χ3v) is 5.33. The molecule has 3 aromatic heterocycles. The van der Waals surface area contributed by atoms with E-state index in [1.807, 2.05) is 6.26 Å². The summed E-state index contributed by atoms with van der Waals surface area (Å²) < 4.78 is 7.03. The highest BCUT2D eigenvalue weighted by Gasteiger charge is 2.20. The molecule has 0 radical (unpaired) electrons. The number of carbonyl (C=O) groups excluding carboxylic acids is 2. The second-order valence-electron chi connectivity index (χ2n) is 6.72. The molecule has 0 aliphatic heterocycles. The highest BCUT2D eigenvalue weighted by atomic mass is 32.2. The van der Waals surface area contributed by atoms with Gasteiger partial charge in [-0.05, 0) is 49.6 Å². The van der Waals surface area contributed by atoms with Gasteiger partial charge in [-0.25, -0.2) is 15.0 Å². The standard InChI is InChI=1S/C22H19N5O3S/c1-13-17(22(31-3)26-19(24-13)16-5-4-12-30-16)21(29)25-15-8-6-14(7-9-15)18(28)20-23-10-11-27(20)2/h4-12H,1-3H3,(H,25,29). The number of ketones is 1. The Morgan fingerprint density at radius 2 is 1.90 bits per heavy atom. The Labute approximate surface area is 182 Å². The molecule has 3 heterocycles. The molecule has 0 aliphatic carbocycles. The SMILES string of the molecule is CSc1nc(-c2ccco2)nc(C)c1C(=O)Nc1ccc(C(=O)c2nccn2C)cc1. The molecular formula is C22H19N5O3S. The molecule has 4 rings (SSSR count). The number of aromatic nitrogens is 4. The lowest BCUT2D eigenvalue weighted by atomic mass is 10.1. The lowest BCUT2D eigenvalue weighted by Crippen LogP contribution is -2.17. The molecule has 0 bridgehead atoms. The van der Waals surface area contributed by atoms with Gasteiger partial charge in [0.1, 0.15) is 5.03 Å². The van der Waals surface area contributed by atoms with Crippen LogP contribution in [-0.4, -0.2) is 37.5 Å². The lowest BCUT2D eigenvalue weighted by Gasteiger charge is -2.12. The van der Waals surface area contributed by atoms with Crippen LogP contribution >= 0.6 is 11.8 Å². The number of benzene rings is 1. The summed E-state index contributed by atoms with van der Waals surface area (Å²) in [5.41, 5.74) is 1.99. The van der Waals surface area contributed by atoms with E-state index in [4.69, 9.17) is 4.42 Å². The van der Waals surface area contributed by atoms with Crippen molar-refractivity contribution in [2.75, 3.05) is 11.6 Å². The van der Waals surface area contributed by atoms with Crippen molar-refractivity contribution in [3.63, 3.8) is 0 Å². The third kappa shape index (κ3) is 4.13. The van der Waals surface area contributed by atoms with E-state index in [1.165, 1.54) is 11.8 Å². The Bertz CT molecular complexity index is 1250. The van der Waals surface area contributed by atoms with Crippen molar-refractivity contribution in [1.82, 2.24) is 19.5 Å². The summed E-state index contributed by atoms with van der Waals surface area (Å²) in [5, 5.41) is 3.41. The summed E-state index contributed by atoms with van der Waals surface area (Å²) in [5.74, 6) is 0.813. The van der Waals surface area contributed by atoms with Crippen LogP contribution in [0, 0.1) is 6.92 Å². The molecule has 0 fully saturated rings. The van der Waals surface area contributed by atoms with Gasteiger partial charge in [0.2, 0.25) is 5.78 Å².